The molecule has 1 unspecified atom stereocenters. The maximum atomic E-state index is 12.3. The first-order valence-electron chi connectivity index (χ1n) is 8.91. The van der Waals surface area contributed by atoms with Gasteiger partial charge < -0.3 is 0 Å². The number of ether oxygens (including phenoxy) is 2. The molecule has 13 nitrogen and oxygen atoms in total. The van der Waals surface area contributed by atoms with E-state index in [4.69, 9.17) is 29.4 Å². The monoisotopic (exact) mass is 505 g/mol. The number of hydrogen-bond donors (Lipinski definition) is 3. The quantitative estimate of drug-likeness (QED) is 0.201. The Hall–Kier alpha value is -1.90. The number of fused-ring (bicyclic) bond motifs is 2. The molecule has 2 aromatic rings. The fraction of sp³-hybridized carbons (Fsp3) is 0.500. The summed E-state index contributed by atoms with van der Waals surface area (Å²) in [6, 6.07) is 0. The Bertz CT molecular complexity index is 1010. The maximum absolute atomic E-state index is 12.3. The van der Waals surface area contributed by atoms with E-state index in [1.807, 2.05) is 0 Å². The zero-order chi connectivity index (χ0) is 21.6. The predicted molar refractivity (Wildman–Crippen MR) is 108 cm³/mol. The van der Waals surface area contributed by atoms with Gasteiger partial charge in [0, 0.05) is 0 Å². The Morgan fingerprint density at radius 1 is 1.43 bits per heavy atom. The zero-order valence-corrected chi connectivity index (χ0v) is 18.2. The van der Waals surface area contributed by atoms with Gasteiger partial charge in [-0.1, -0.05) is 0 Å². The number of esters is 1. The first-order chi connectivity index (χ1) is 14.2. The number of nitrogen functional groups attached to an aromatic ring is 1. The normalized spacial score (nSPS) is 28.7. The number of hydrogen-bond acceptors (Lipinski definition) is 11. The van der Waals surface area contributed by atoms with Gasteiger partial charge in [0.15, 0.2) is 0 Å². The van der Waals surface area contributed by atoms with Gasteiger partial charge in [-0.15, -0.1) is 0 Å². The Morgan fingerprint density at radius 3 is 2.93 bits per heavy atom. The number of nitrogens with two attached hydrogens (primary N) is 1. The number of halogens is 1. The predicted octanol–water partition coefficient (Wildman–Crippen LogP) is -0.704. The molecule has 2 aliphatic rings. The molecule has 2 aliphatic heterocycles. The van der Waals surface area contributed by atoms with E-state index in [-0.39, 0.29) is 25.3 Å². The van der Waals surface area contributed by atoms with E-state index in [0.29, 0.717) is 15.9 Å². The Balaban J connectivity index is 1.70. The number of carbonyl (C=O) groups excluding carboxylic acids is 1. The van der Waals surface area contributed by atoms with Gasteiger partial charge in [-0.3, -0.25) is 0 Å². The number of carboxylic acids is 1. The van der Waals surface area contributed by atoms with Crippen LogP contribution in [-0.4, -0.2) is 73.9 Å². The van der Waals surface area contributed by atoms with Gasteiger partial charge in [0.05, 0.1) is 0 Å². The van der Waals surface area contributed by atoms with Crippen molar-refractivity contribution in [1.82, 2.24) is 19.5 Å². The van der Waals surface area contributed by atoms with Crippen molar-refractivity contribution < 1.29 is 38.1 Å². The van der Waals surface area contributed by atoms with Gasteiger partial charge in [-0.05, 0) is 0 Å². The number of imidazole rings is 1. The molecule has 2 saturated heterocycles. The fourth-order valence-electron chi connectivity index (χ4n) is 3.39. The van der Waals surface area contributed by atoms with Gasteiger partial charge in [0.1, 0.15) is 0 Å². The van der Waals surface area contributed by atoms with E-state index in [0.717, 1.165) is 0 Å². The third-order valence-corrected chi connectivity index (χ3v) is 6.65. The summed E-state index contributed by atoms with van der Waals surface area (Å²) in [6.45, 7) is 0.0327. The molecule has 2 fully saturated rings. The van der Waals surface area contributed by atoms with Crippen LogP contribution in [0.4, 0.5) is 5.82 Å². The number of nitrogens with zero attached hydrogens (tertiary/aromatic N) is 4. The molecule has 0 aliphatic carbocycles. The van der Waals surface area contributed by atoms with Crippen LogP contribution in [0.1, 0.15) is 19.1 Å². The molecular weight excluding hydrogens is 488 g/mol. The molecule has 0 amide bonds. The standard InChI is InChI=1S/C14H18BBrN5O8P/c15-30(25)26-3-5-9(29-30)10(28-7(24)2-1-6(22)23)13(27-5)21-12-8(20-14(21)16)11(17)18-4-19-12/h4-5,9-10,13,25,30H,1-3,15H2,(H,22,23)(H2,17,18,19)/t5-,9?,10+,13-/m1/s1. The van der Waals surface area contributed by atoms with Crippen LogP contribution in [0.2, 0.25) is 0 Å². The zero-order valence-electron chi connectivity index (χ0n) is 15.6. The van der Waals surface area contributed by atoms with Crippen LogP contribution >= 0.6 is 23.8 Å². The van der Waals surface area contributed by atoms with Crippen molar-refractivity contribution in [3.63, 3.8) is 0 Å². The first-order valence-corrected chi connectivity index (χ1v) is 12.0. The van der Waals surface area contributed by atoms with Crippen molar-refractivity contribution in [2.75, 3.05) is 12.3 Å². The second kappa shape index (κ2) is 7.98. The van der Waals surface area contributed by atoms with Crippen molar-refractivity contribution in [1.29, 1.82) is 0 Å². The van der Waals surface area contributed by atoms with Crippen LogP contribution in [-0.2, 0) is 28.1 Å². The summed E-state index contributed by atoms with van der Waals surface area (Å²) < 4.78 is 24.5. The summed E-state index contributed by atoms with van der Waals surface area (Å²) >= 11 is 3.34. The molecule has 30 heavy (non-hydrogen) atoms. The van der Waals surface area contributed by atoms with Gasteiger partial charge in [0.2, 0.25) is 0 Å². The average Bonchev–Trinajstić information content (AvgIpc) is 3.17. The van der Waals surface area contributed by atoms with Crippen LogP contribution in [0, 0.1) is 0 Å². The van der Waals surface area contributed by atoms with Crippen molar-refractivity contribution >= 4 is 60.2 Å². The van der Waals surface area contributed by atoms with E-state index in [2.05, 4.69) is 30.9 Å². The molecule has 0 spiro atoms. The van der Waals surface area contributed by atoms with Gasteiger partial charge >= 0.3 is 179 Å². The fourth-order valence-corrected chi connectivity index (χ4v) is 5.27. The second-order valence-corrected chi connectivity index (χ2v) is 9.92. The summed E-state index contributed by atoms with van der Waals surface area (Å²) in [5.41, 5.74) is 6.52. The molecule has 2 aromatic heterocycles. The molecule has 4 rings (SSSR count). The molecule has 162 valence electrons. The topological polar surface area (TPSA) is 181 Å². The summed E-state index contributed by atoms with van der Waals surface area (Å²) in [4.78, 5) is 45.8. The molecule has 0 bridgehead atoms. The Morgan fingerprint density at radius 2 is 2.20 bits per heavy atom. The number of carbonyl (C=O) groups is 2. The van der Waals surface area contributed by atoms with Gasteiger partial charge in [-0.25, -0.2) is 0 Å². The molecule has 0 radical (unpaired) electrons. The Labute approximate surface area is 178 Å². The molecule has 0 aromatic carbocycles. The van der Waals surface area contributed by atoms with Crippen LogP contribution in [0.3, 0.4) is 0 Å². The number of carboxylic acid groups (broad SMARTS) is 1. The average molecular weight is 506 g/mol. The van der Waals surface area contributed by atoms with Crippen molar-refractivity contribution in [2.24, 2.45) is 0 Å². The van der Waals surface area contributed by atoms with Crippen LogP contribution in [0.5, 0.6) is 0 Å². The van der Waals surface area contributed by atoms with Gasteiger partial charge in [-0.2, -0.15) is 0 Å². The van der Waals surface area contributed by atoms with Gasteiger partial charge in [0.25, 0.3) is 0 Å². The molecule has 4 heterocycles. The second-order valence-electron chi connectivity index (χ2n) is 6.89. The molecular formula is C14H18BBrN5O8P. The van der Waals surface area contributed by atoms with Crippen LogP contribution < -0.4 is 5.73 Å². The first kappa shape index (κ1) is 21.3. The van der Waals surface area contributed by atoms with E-state index in [9.17, 15) is 14.5 Å². The Kier molecular flexibility index (Phi) is 5.68. The number of rotatable bonds is 5. The summed E-state index contributed by atoms with van der Waals surface area (Å²) in [5.74, 6) is -1.72. The summed E-state index contributed by atoms with van der Waals surface area (Å²) in [6.07, 6.45) is -2.91. The number of anilines is 1. The van der Waals surface area contributed by atoms with Crippen molar-refractivity contribution in [3.05, 3.63) is 11.1 Å². The summed E-state index contributed by atoms with van der Waals surface area (Å²) in [7, 11) is -2.00. The minimum absolute atomic E-state index is 0.0327. The number of aromatic nitrogens is 4. The van der Waals surface area contributed by atoms with E-state index in [1.54, 1.807) is 0 Å². The minimum atomic E-state index is -3.44. The van der Waals surface area contributed by atoms with Crippen LogP contribution in [0.25, 0.3) is 11.2 Å². The third-order valence-electron chi connectivity index (χ3n) is 4.68. The van der Waals surface area contributed by atoms with E-state index >= 15 is 0 Å². The van der Waals surface area contributed by atoms with Crippen molar-refractivity contribution in [2.45, 2.75) is 37.4 Å². The SMILES string of the molecule is B[PH]1(O)OC[C@H]2O[C@@H](n3c(Br)nc4c(N)ncnc43)[C@@H](OC(=O)CCC(=O)O)C2O1. The molecule has 4 atom stereocenters. The van der Waals surface area contributed by atoms with E-state index in [1.165, 1.54) is 18.5 Å². The van der Waals surface area contributed by atoms with Crippen molar-refractivity contribution in [3.8, 4) is 0 Å². The molecule has 0 saturated carbocycles. The van der Waals surface area contributed by atoms with Crippen LogP contribution in [0.15, 0.2) is 11.1 Å². The summed E-state index contributed by atoms with van der Waals surface area (Å²) in [5, 5.41) is 8.82. The van der Waals surface area contributed by atoms with E-state index < -0.39 is 44.3 Å². The number of aliphatic carboxylic acids is 1. The molecule has 4 N–H and O–H groups in total. The third kappa shape index (κ3) is 4.00. The molecule has 16 heteroatoms.